The first-order chi connectivity index (χ1) is 16.7. The van der Waals surface area contributed by atoms with Crippen molar-refractivity contribution in [2.75, 3.05) is 6.61 Å². The Labute approximate surface area is 201 Å². The Morgan fingerprint density at radius 1 is 1.03 bits per heavy atom. The molecule has 5 rings (SSSR count). The second-order valence-corrected chi connectivity index (χ2v) is 8.52. The van der Waals surface area contributed by atoms with Gasteiger partial charge in [0.05, 0.1) is 27.2 Å². The normalized spacial score (nSPS) is 11.3. The van der Waals surface area contributed by atoms with Crippen LogP contribution in [0.5, 0.6) is 5.75 Å². The van der Waals surface area contributed by atoms with Gasteiger partial charge in [0.2, 0.25) is 0 Å². The van der Waals surface area contributed by atoms with E-state index in [9.17, 15) is 5.26 Å². The number of aromatic nitrogens is 3. The molecular weight excluding hydrogens is 440 g/mol. The van der Waals surface area contributed by atoms with Crippen molar-refractivity contribution in [3.8, 4) is 28.8 Å². The van der Waals surface area contributed by atoms with E-state index in [1.807, 2.05) is 95.8 Å². The van der Waals surface area contributed by atoms with Gasteiger partial charge in [0.1, 0.15) is 23.4 Å². The molecule has 6 heteroatoms. The number of nitrogens with zero attached hydrogens (tertiary/aromatic N) is 4. The van der Waals surface area contributed by atoms with Gasteiger partial charge < -0.3 is 4.74 Å². The van der Waals surface area contributed by atoms with Gasteiger partial charge in [-0.25, -0.2) is 9.67 Å². The molecule has 0 atom stereocenters. The lowest BCUT2D eigenvalue weighted by atomic mass is 10.1. The molecule has 0 amide bonds. The lowest BCUT2D eigenvalue weighted by Crippen LogP contribution is -1.94. The number of thiazole rings is 1. The van der Waals surface area contributed by atoms with Crippen LogP contribution in [0, 0.1) is 11.3 Å². The lowest BCUT2D eigenvalue weighted by molar-refractivity contribution is 0.363. The zero-order valence-electron chi connectivity index (χ0n) is 18.3. The Balaban J connectivity index is 1.60. The van der Waals surface area contributed by atoms with Gasteiger partial charge in [-0.1, -0.05) is 43.0 Å². The number of ether oxygens (including phenoxy) is 1. The predicted octanol–water partition coefficient (Wildman–Crippen LogP) is 6.78. The van der Waals surface area contributed by atoms with Gasteiger partial charge in [-0.15, -0.1) is 11.3 Å². The van der Waals surface area contributed by atoms with Crippen LogP contribution >= 0.6 is 11.3 Å². The molecule has 3 aromatic carbocycles. The van der Waals surface area contributed by atoms with Crippen LogP contribution in [0.1, 0.15) is 10.6 Å². The first-order valence-electron chi connectivity index (χ1n) is 10.7. The summed E-state index contributed by atoms with van der Waals surface area (Å²) in [5.41, 5.74) is 4.86. The standard InChI is InChI=1S/C28H20N4OS/c1-2-16-33-24-14-12-20(13-15-24)27-22(19-32(31-27)23-8-4-3-5-9-23)17-21(18-29)28-30-25-10-6-7-11-26(25)34-28/h2-15,17,19H,1,16H2. The van der Waals surface area contributed by atoms with E-state index in [2.05, 4.69) is 17.6 Å². The van der Waals surface area contributed by atoms with E-state index in [1.54, 1.807) is 6.08 Å². The van der Waals surface area contributed by atoms with Crippen LogP contribution in [0.2, 0.25) is 0 Å². The Bertz CT molecular complexity index is 1490. The maximum atomic E-state index is 9.97. The fourth-order valence-electron chi connectivity index (χ4n) is 3.58. The molecule has 0 aliphatic carbocycles. The van der Waals surface area contributed by atoms with E-state index in [1.165, 1.54) is 11.3 Å². The fourth-order valence-corrected chi connectivity index (χ4v) is 4.51. The maximum Gasteiger partial charge on any atom is 0.135 e. The second-order valence-electron chi connectivity index (χ2n) is 7.49. The number of rotatable bonds is 7. The summed E-state index contributed by atoms with van der Waals surface area (Å²) in [5.74, 6) is 0.760. The number of hydrogen-bond donors (Lipinski definition) is 0. The Kier molecular flexibility index (Phi) is 6.02. The number of benzene rings is 3. The van der Waals surface area contributed by atoms with Crippen molar-refractivity contribution in [3.63, 3.8) is 0 Å². The molecule has 2 aromatic heterocycles. The molecule has 0 N–H and O–H groups in total. The molecule has 0 aliphatic rings. The SMILES string of the molecule is C=CCOc1ccc(-c2nn(-c3ccccc3)cc2C=C(C#N)c2nc3ccccc3s2)cc1. The van der Waals surface area contributed by atoms with Crippen molar-refractivity contribution >= 4 is 33.2 Å². The van der Waals surface area contributed by atoms with Crippen LogP contribution in [0.4, 0.5) is 0 Å². The van der Waals surface area contributed by atoms with E-state index < -0.39 is 0 Å². The molecule has 34 heavy (non-hydrogen) atoms. The molecule has 0 saturated carbocycles. The summed E-state index contributed by atoms with van der Waals surface area (Å²) in [5, 5.41) is 15.5. The van der Waals surface area contributed by atoms with Crippen LogP contribution in [0.25, 0.3) is 38.8 Å². The molecule has 2 heterocycles. The topological polar surface area (TPSA) is 63.7 Å². The van der Waals surface area contributed by atoms with Crippen molar-refractivity contribution in [1.29, 1.82) is 5.26 Å². The first-order valence-corrected chi connectivity index (χ1v) is 11.5. The highest BCUT2D eigenvalue weighted by Gasteiger charge is 2.15. The minimum atomic E-state index is 0.448. The number of fused-ring (bicyclic) bond motifs is 1. The molecule has 5 nitrogen and oxygen atoms in total. The summed E-state index contributed by atoms with van der Waals surface area (Å²) < 4.78 is 8.49. The highest BCUT2D eigenvalue weighted by atomic mass is 32.1. The monoisotopic (exact) mass is 460 g/mol. The van der Waals surface area contributed by atoms with Gasteiger partial charge in [0.15, 0.2) is 0 Å². The number of para-hydroxylation sites is 2. The molecule has 164 valence electrons. The number of allylic oxidation sites excluding steroid dienone is 1. The van der Waals surface area contributed by atoms with Crippen molar-refractivity contribution in [2.24, 2.45) is 0 Å². The zero-order valence-corrected chi connectivity index (χ0v) is 19.1. The molecule has 0 fully saturated rings. The van der Waals surface area contributed by atoms with Gasteiger partial charge in [-0.3, -0.25) is 0 Å². The molecule has 0 unspecified atom stereocenters. The van der Waals surface area contributed by atoms with Gasteiger partial charge in [0.25, 0.3) is 0 Å². The molecule has 0 radical (unpaired) electrons. The van der Waals surface area contributed by atoms with Crippen LogP contribution in [0.15, 0.2) is 97.7 Å². The number of hydrogen-bond acceptors (Lipinski definition) is 5. The molecule has 5 aromatic rings. The van der Waals surface area contributed by atoms with E-state index >= 15 is 0 Å². The summed E-state index contributed by atoms with van der Waals surface area (Å²) in [4.78, 5) is 4.66. The minimum absolute atomic E-state index is 0.448. The van der Waals surface area contributed by atoms with Crippen molar-refractivity contribution in [3.05, 3.63) is 108 Å². The molecule has 0 bridgehead atoms. The van der Waals surface area contributed by atoms with Crippen molar-refractivity contribution in [2.45, 2.75) is 0 Å². The van der Waals surface area contributed by atoms with E-state index in [0.717, 1.165) is 38.5 Å². The zero-order chi connectivity index (χ0) is 23.3. The van der Waals surface area contributed by atoms with Crippen LogP contribution in [-0.2, 0) is 0 Å². The van der Waals surface area contributed by atoms with E-state index in [0.29, 0.717) is 17.2 Å². The molecular formula is C28H20N4OS. The first kappa shape index (κ1) is 21.4. The van der Waals surface area contributed by atoms with Crippen LogP contribution < -0.4 is 4.74 Å². The quantitative estimate of drug-likeness (QED) is 0.198. The summed E-state index contributed by atoms with van der Waals surface area (Å²) >= 11 is 1.51. The van der Waals surface area contributed by atoms with E-state index in [4.69, 9.17) is 9.84 Å². The highest BCUT2D eigenvalue weighted by Crippen LogP contribution is 2.31. The fraction of sp³-hybridized carbons (Fsp3) is 0.0357. The summed E-state index contributed by atoms with van der Waals surface area (Å²) in [7, 11) is 0. The Morgan fingerprint density at radius 2 is 1.79 bits per heavy atom. The molecule has 0 aliphatic heterocycles. The van der Waals surface area contributed by atoms with Crippen molar-refractivity contribution in [1.82, 2.24) is 14.8 Å². The Hall–Kier alpha value is -4.47. The Morgan fingerprint density at radius 3 is 2.53 bits per heavy atom. The average molecular weight is 461 g/mol. The van der Waals surface area contributed by atoms with E-state index in [-0.39, 0.29) is 0 Å². The summed E-state index contributed by atoms with van der Waals surface area (Å²) in [6.45, 7) is 4.13. The summed E-state index contributed by atoms with van der Waals surface area (Å²) in [6, 6.07) is 27.9. The van der Waals surface area contributed by atoms with Gasteiger partial charge in [-0.2, -0.15) is 10.4 Å². The lowest BCUT2D eigenvalue weighted by Gasteiger charge is -2.05. The maximum absolute atomic E-state index is 9.97. The third-order valence-corrected chi connectivity index (χ3v) is 6.27. The molecule has 0 saturated heterocycles. The average Bonchev–Trinajstić information content (AvgIpc) is 3.51. The van der Waals surface area contributed by atoms with Crippen LogP contribution in [0.3, 0.4) is 0 Å². The summed E-state index contributed by atoms with van der Waals surface area (Å²) in [6.07, 6.45) is 5.52. The molecule has 0 spiro atoms. The third-order valence-electron chi connectivity index (χ3n) is 5.20. The highest BCUT2D eigenvalue weighted by molar-refractivity contribution is 7.19. The largest absolute Gasteiger partial charge is 0.490 e. The van der Waals surface area contributed by atoms with Gasteiger partial charge in [-0.05, 0) is 54.6 Å². The van der Waals surface area contributed by atoms with Crippen molar-refractivity contribution < 1.29 is 4.74 Å². The minimum Gasteiger partial charge on any atom is -0.490 e. The van der Waals surface area contributed by atoms with Gasteiger partial charge >= 0.3 is 0 Å². The predicted molar refractivity (Wildman–Crippen MR) is 138 cm³/mol. The smallest absolute Gasteiger partial charge is 0.135 e. The number of nitriles is 1. The second kappa shape index (κ2) is 9.57. The van der Waals surface area contributed by atoms with Gasteiger partial charge in [0, 0.05) is 17.3 Å². The third kappa shape index (κ3) is 4.38. The van der Waals surface area contributed by atoms with Crippen LogP contribution in [-0.4, -0.2) is 21.4 Å².